The average Bonchev–Trinajstić information content (AvgIpc) is 2.84. The maximum absolute atomic E-state index is 12.5. The van der Waals surface area contributed by atoms with E-state index in [9.17, 15) is 9.59 Å². The SMILES string of the molecule is COC(=O)C1(COc2ccc(-c3ccc(NC(=O)c4cccc(SC)c4)cc3)cn2)CCC1. The van der Waals surface area contributed by atoms with E-state index in [1.54, 1.807) is 30.1 Å². The molecule has 33 heavy (non-hydrogen) atoms. The van der Waals surface area contributed by atoms with Gasteiger partial charge in [-0.1, -0.05) is 24.6 Å². The minimum atomic E-state index is -0.536. The Labute approximate surface area is 197 Å². The number of methoxy groups -OCH3 is 1. The van der Waals surface area contributed by atoms with Crippen molar-refractivity contribution in [3.05, 3.63) is 72.4 Å². The number of nitrogens with one attached hydrogen (secondary N) is 1. The first-order chi connectivity index (χ1) is 16.0. The van der Waals surface area contributed by atoms with Crippen molar-refractivity contribution >= 4 is 29.3 Å². The highest BCUT2D eigenvalue weighted by Crippen LogP contribution is 2.42. The van der Waals surface area contributed by atoms with Crippen LogP contribution in [-0.2, 0) is 9.53 Å². The fourth-order valence-electron chi connectivity index (χ4n) is 3.79. The summed E-state index contributed by atoms with van der Waals surface area (Å²) < 4.78 is 10.7. The molecule has 1 aliphatic rings. The number of hydrogen-bond donors (Lipinski definition) is 1. The molecule has 0 spiro atoms. The molecule has 0 bridgehead atoms. The van der Waals surface area contributed by atoms with Crippen molar-refractivity contribution in [2.75, 3.05) is 25.3 Å². The Morgan fingerprint density at radius 1 is 1.06 bits per heavy atom. The number of anilines is 1. The lowest BCUT2D eigenvalue weighted by atomic mass is 9.69. The third-order valence-corrected chi connectivity index (χ3v) is 6.70. The number of carbonyl (C=O) groups excluding carboxylic acids is 2. The minimum absolute atomic E-state index is 0.141. The molecule has 1 heterocycles. The van der Waals surface area contributed by atoms with Gasteiger partial charge in [-0.15, -0.1) is 11.8 Å². The average molecular weight is 463 g/mol. The molecule has 4 rings (SSSR count). The van der Waals surface area contributed by atoms with E-state index in [-0.39, 0.29) is 18.5 Å². The molecular formula is C26H26N2O4S. The van der Waals surface area contributed by atoms with E-state index in [2.05, 4.69) is 10.3 Å². The molecule has 0 radical (unpaired) electrons. The Kier molecular flexibility index (Phi) is 6.99. The number of benzene rings is 2. The summed E-state index contributed by atoms with van der Waals surface area (Å²) in [7, 11) is 1.41. The lowest BCUT2D eigenvalue weighted by Crippen LogP contribution is -2.44. The molecule has 6 nitrogen and oxygen atoms in total. The Morgan fingerprint density at radius 3 is 2.42 bits per heavy atom. The maximum atomic E-state index is 12.5. The van der Waals surface area contributed by atoms with Crippen molar-refractivity contribution in [2.45, 2.75) is 24.2 Å². The first-order valence-electron chi connectivity index (χ1n) is 10.8. The number of esters is 1. The molecule has 0 aliphatic heterocycles. The monoisotopic (exact) mass is 462 g/mol. The number of carbonyl (C=O) groups is 2. The molecule has 1 N–H and O–H groups in total. The number of pyridine rings is 1. The van der Waals surface area contributed by atoms with Gasteiger partial charge < -0.3 is 14.8 Å². The van der Waals surface area contributed by atoms with Crippen molar-refractivity contribution in [2.24, 2.45) is 5.41 Å². The molecule has 1 saturated carbocycles. The smallest absolute Gasteiger partial charge is 0.315 e. The molecular weight excluding hydrogens is 436 g/mol. The van der Waals surface area contributed by atoms with Gasteiger partial charge in [-0.2, -0.15) is 0 Å². The molecule has 0 unspecified atom stereocenters. The number of rotatable bonds is 8. The van der Waals surface area contributed by atoms with E-state index < -0.39 is 5.41 Å². The lowest BCUT2D eigenvalue weighted by molar-refractivity contribution is -0.161. The van der Waals surface area contributed by atoms with Crippen LogP contribution in [0.1, 0.15) is 29.6 Å². The van der Waals surface area contributed by atoms with Gasteiger partial charge >= 0.3 is 5.97 Å². The Bertz CT molecular complexity index is 1130. The summed E-state index contributed by atoms with van der Waals surface area (Å²) in [6.45, 7) is 0.278. The Hall–Kier alpha value is -3.32. The first-order valence-corrected chi connectivity index (χ1v) is 12.0. The van der Waals surface area contributed by atoms with Gasteiger partial charge in [0.15, 0.2) is 0 Å². The topological polar surface area (TPSA) is 77.5 Å². The van der Waals surface area contributed by atoms with E-state index in [1.807, 2.05) is 54.8 Å². The predicted octanol–water partition coefficient (Wildman–Crippen LogP) is 5.44. The van der Waals surface area contributed by atoms with Crippen molar-refractivity contribution < 1.29 is 19.1 Å². The number of hydrogen-bond acceptors (Lipinski definition) is 6. The summed E-state index contributed by atoms with van der Waals surface area (Å²) in [6.07, 6.45) is 6.29. The summed E-state index contributed by atoms with van der Waals surface area (Å²) >= 11 is 1.60. The number of ether oxygens (including phenoxy) is 2. The van der Waals surface area contributed by atoms with Crippen LogP contribution in [0.2, 0.25) is 0 Å². The summed E-state index contributed by atoms with van der Waals surface area (Å²) in [5.74, 6) is 0.123. The molecule has 3 aromatic rings. The largest absolute Gasteiger partial charge is 0.476 e. The maximum Gasteiger partial charge on any atom is 0.315 e. The summed E-state index contributed by atoms with van der Waals surface area (Å²) in [5.41, 5.74) is 2.72. The fourth-order valence-corrected chi connectivity index (χ4v) is 4.25. The van der Waals surface area contributed by atoms with E-state index >= 15 is 0 Å². The van der Waals surface area contributed by atoms with Crippen LogP contribution >= 0.6 is 11.8 Å². The summed E-state index contributed by atoms with van der Waals surface area (Å²) in [4.78, 5) is 30.0. The quantitative estimate of drug-likeness (QED) is 0.355. The Balaban J connectivity index is 1.36. The zero-order valence-electron chi connectivity index (χ0n) is 18.7. The molecule has 0 saturated heterocycles. The second-order valence-corrected chi connectivity index (χ2v) is 8.94. The van der Waals surface area contributed by atoms with Crippen molar-refractivity contribution in [3.8, 4) is 17.0 Å². The predicted molar refractivity (Wildman–Crippen MR) is 130 cm³/mol. The number of thioether (sulfide) groups is 1. The van der Waals surface area contributed by atoms with E-state index in [0.29, 0.717) is 11.4 Å². The van der Waals surface area contributed by atoms with Crippen LogP contribution in [0.25, 0.3) is 11.1 Å². The first kappa shape index (κ1) is 22.9. The number of aromatic nitrogens is 1. The van der Waals surface area contributed by atoms with Gasteiger partial charge in [0.05, 0.1) is 7.11 Å². The summed E-state index contributed by atoms with van der Waals surface area (Å²) in [5, 5.41) is 2.93. The molecule has 170 valence electrons. The van der Waals surface area contributed by atoms with Gasteiger partial charge in [0, 0.05) is 34.0 Å². The van der Waals surface area contributed by atoms with Crippen LogP contribution in [0, 0.1) is 5.41 Å². The second kappa shape index (κ2) is 10.1. The van der Waals surface area contributed by atoms with Gasteiger partial charge in [0.2, 0.25) is 5.88 Å². The van der Waals surface area contributed by atoms with E-state index in [4.69, 9.17) is 9.47 Å². The van der Waals surface area contributed by atoms with Crippen LogP contribution in [-0.4, -0.2) is 36.8 Å². The van der Waals surface area contributed by atoms with E-state index in [1.165, 1.54) is 7.11 Å². The summed E-state index contributed by atoms with van der Waals surface area (Å²) in [6, 6.07) is 18.9. The van der Waals surface area contributed by atoms with Crippen molar-refractivity contribution in [3.63, 3.8) is 0 Å². The zero-order valence-corrected chi connectivity index (χ0v) is 19.5. The molecule has 1 aliphatic carbocycles. The molecule has 0 atom stereocenters. The van der Waals surface area contributed by atoms with Gasteiger partial charge in [-0.3, -0.25) is 9.59 Å². The molecule has 1 amide bonds. The normalized spacial score (nSPS) is 14.1. The highest BCUT2D eigenvalue weighted by Gasteiger charge is 2.46. The minimum Gasteiger partial charge on any atom is -0.476 e. The third kappa shape index (κ3) is 5.20. The fraction of sp³-hybridized carbons (Fsp3) is 0.269. The number of amides is 1. The van der Waals surface area contributed by atoms with Crippen LogP contribution in [0.3, 0.4) is 0 Å². The molecule has 1 fully saturated rings. The van der Waals surface area contributed by atoms with Crippen LogP contribution < -0.4 is 10.1 Å². The van der Waals surface area contributed by atoms with Crippen molar-refractivity contribution in [1.29, 1.82) is 0 Å². The van der Waals surface area contributed by atoms with Gasteiger partial charge in [-0.05, 0) is 61.1 Å². The third-order valence-electron chi connectivity index (χ3n) is 5.97. The molecule has 2 aromatic carbocycles. The molecule has 1 aromatic heterocycles. The van der Waals surface area contributed by atoms with Gasteiger partial charge in [-0.25, -0.2) is 4.98 Å². The van der Waals surface area contributed by atoms with Crippen LogP contribution in [0.5, 0.6) is 5.88 Å². The standard InChI is InChI=1S/C26H26N2O4S/c1-31-25(30)26(13-4-14-26)17-32-23-12-9-20(16-27-23)18-7-10-21(11-8-18)28-24(29)19-5-3-6-22(15-19)33-2/h3,5-12,15-16H,4,13-14,17H2,1-2H3,(H,28,29). The Morgan fingerprint density at radius 2 is 1.82 bits per heavy atom. The van der Waals surface area contributed by atoms with Gasteiger partial charge in [0.25, 0.3) is 5.91 Å². The lowest BCUT2D eigenvalue weighted by Gasteiger charge is -2.38. The van der Waals surface area contributed by atoms with Crippen LogP contribution in [0.4, 0.5) is 5.69 Å². The highest BCUT2D eigenvalue weighted by molar-refractivity contribution is 7.98. The molecule has 7 heteroatoms. The van der Waals surface area contributed by atoms with Gasteiger partial charge in [0.1, 0.15) is 12.0 Å². The van der Waals surface area contributed by atoms with Crippen molar-refractivity contribution in [1.82, 2.24) is 4.98 Å². The second-order valence-electron chi connectivity index (χ2n) is 8.06. The zero-order chi connectivity index (χ0) is 23.3. The van der Waals surface area contributed by atoms with E-state index in [0.717, 1.165) is 41.0 Å². The highest BCUT2D eigenvalue weighted by atomic mass is 32.2. The number of nitrogens with zero attached hydrogens (tertiary/aromatic N) is 1. The van der Waals surface area contributed by atoms with Crippen LogP contribution in [0.15, 0.2) is 71.8 Å².